The average molecular weight is 527 g/mol. The van der Waals surface area contributed by atoms with Crippen LogP contribution in [0, 0.1) is 0 Å². The summed E-state index contributed by atoms with van der Waals surface area (Å²) in [7, 11) is 0. The van der Waals surface area contributed by atoms with Gasteiger partial charge in [0.05, 0.1) is 22.3 Å². The van der Waals surface area contributed by atoms with E-state index in [0.717, 1.165) is 5.56 Å². The van der Waals surface area contributed by atoms with Crippen molar-refractivity contribution >= 4 is 64.1 Å². The Bertz CT molecular complexity index is 1330. The van der Waals surface area contributed by atoms with E-state index < -0.39 is 11.8 Å². The SMILES string of the molecule is CCOc1cc(/C=C2/C(=O)NC(=S)N(c3ccccc3)C2=O)ccc1OCc1ccc(Cl)c(Cl)c1. The molecule has 1 fully saturated rings. The zero-order chi connectivity index (χ0) is 24.9. The molecule has 1 N–H and O–H groups in total. The van der Waals surface area contributed by atoms with Crippen LogP contribution in [-0.4, -0.2) is 23.5 Å². The molecule has 178 valence electrons. The normalized spacial score (nSPS) is 14.8. The first-order chi connectivity index (χ1) is 16.9. The molecule has 3 aromatic carbocycles. The van der Waals surface area contributed by atoms with E-state index in [1.54, 1.807) is 54.6 Å². The smallest absolute Gasteiger partial charge is 0.270 e. The molecule has 3 aromatic rings. The van der Waals surface area contributed by atoms with Crippen molar-refractivity contribution in [2.24, 2.45) is 0 Å². The van der Waals surface area contributed by atoms with Crippen molar-refractivity contribution in [3.8, 4) is 11.5 Å². The van der Waals surface area contributed by atoms with Crippen molar-refractivity contribution < 1.29 is 19.1 Å². The number of thiocarbonyl (C=S) groups is 1. The van der Waals surface area contributed by atoms with Crippen LogP contribution in [0.15, 0.2) is 72.3 Å². The third kappa shape index (κ3) is 5.65. The highest BCUT2D eigenvalue weighted by Crippen LogP contribution is 2.31. The van der Waals surface area contributed by atoms with Crippen molar-refractivity contribution in [3.05, 3.63) is 93.5 Å². The number of amides is 2. The predicted molar refractivity (Wildman–Crippen MR) is 141 cm³/mol. The lowest BCUT2D eigenvalue weighted by Gasteiger charge is -2.28. The van der Waals surface area contributed by atoms with Crippen LogP contribution < -0.4 is 19.7 Å². The summed E-state index contributed by atoms with van der Waals surface area (Å²) < 4.78 is 11.7. The summed E-state index contributed by atoms with van der Waals surface area (Å²) in [6.07, 6.45) is 1.50. The van der Waals surface area contributed by atoms with Gasteiger partial charge in [0, 0.05) is 0 Å². The molecule has 6 nitrogen and oxygen atoms in total. The predicted octanol–water partition coefficient (Wildman–Crippen LogP) is 5.80. The topological polar surface area (TPSA) is 67.9 Å². The monoisotopic (exact) mass is 526 g/mol. The molecule has 1 heterocycles. The van der Waals surface area contributed by atoms with Gasteiger partial charge in [-0.1, -0.05) is 53.5 Å². The number of benzene rings is 3. The number of para-hydroxylation sites is 1. The Hall–Kier alpha value is -3.39. The molecular formula is C26H20Cl2N2O4S. The molecule has 9 heteroatoms. The van der Waals surface area contributed by atoms with Crippen LogP contribution in [0.1, 0.15) is 18.1 Å². The number of ether oxygens (including phenoxy) is 2. The van der Waals surface area contributed by atoms with Crippen LogP contribution >= 0.6 is 35.4 Å². The fourth-order valence-corrected chi connectivity index (χ4v) is 4.03. The first-order valence-corrected chi connectivity index (χ1v) is 11.8. The molecule has 35 heavy (non-hydrogen) atoms. The molecule has 0 unspecified atom stereocenters. The van der Waals surface area contributed by atoms with Crippen LogP contribution in [0.25, 0.3) is 6.08 Å². The van der Waals surface area contributed by atoms with E-state index in [9.17, 15) is 9.59 Å². The number of hydrogen-bond donors (Lipinski definition) is 1. The summed E-state index contributed by atoms with van der Waals surface area (Å²) in [4.78, 5) is 27.1. The number of carbonyl (C=O) groups excluding carboxylic acids is 2. The van der Waals surface area contributed by atoms with Gasteiger partial charge in [-0.05, 0) is 72.7 Å². The minimum absolute atomic E-state index is 0.0319. The van der Waals surface area contributed by atoms with Crippen LogP contribution in [-0.2, 0) is 16.2 Å². The maximum absolute atomic E-state index is 13.2. The van der Waals surface area contributed by atoms with Gasteiger partial charge in [0.1, 0.15) is 12.2 Å². The van der Waals surface area contributed by atoms with Crippen molar-refractivity contribution in [3.63, 3.8) is 0 Å². The minimum atomic E-state index is -0.565. The first kappa shape index (κ1) is 24.7. The van der Waals surface area contributed by atoms with E-state index >= 15 is 0 Å². The zero-order valence-electron chi connectivity index (χ0n) is 18.6. The summed E-state index contributed by atoms with van der Waals surface area (Å²) in [6, 6.07) is 19.3. The Labute approximate surface area is 218 Å². The van der Waals surface area contributed by atoms with Crippen LogP contribution in [0.2, 0.25) is 10.0 Å². The van der Waals surface area contributed by atoms with Crippen molar-refractivity contribution in [1.82, 2.24) is 5.32 Å². The molecule has 0 atom stereocenters. The molecule has 1 aliphatic heterocycles. The lowest BCUT2D eigenvalue weighted by molar-refractivity contribution is -0.122. The number of rotatable bonds is 7. The van der Waals surface area contributed by atoms with Crippen molar-refractivity contribution in [2.75, 3.05) is 11.5 Å². The van der Waals surface area contributed by atoms with Gasteiger partial charge in [-0.2, -0.15) is 0 Å². The zero-order valence-corrected chi connectivity index (χ0v) is 20.9. The van der Waals surface area contributed by atoms with Crippen LogP contribution in [0.4, 0.5) is 5.69 Å². The molecule has 4 rings (SSSR count). The number of carbonyl (C=O) groups is 2. The maximum Gasteiger partial charge on any atom is 0.270 e. The molecular weight excluding hydrogens is 507 g/mol. The highest BCUT2D eigenvalue weighted by atomic mass is 35.5. The Morgan fingerprint density at radius 2 is 1.71 bits per heavy atom. The number of nitrogens with zero attached hydrogens (tertiary/aromatic N) is 1. The van der Waals surface area contributed by atoms with Crippen LogP contribution in [0.3, 0.4) is 0 Å². The highest BCUT2D eigenvalue weighted by Gasteiger charge is 2.34. The number of halogens is 2. The Morgan fingerprint density at radius 3 is 2.43 bits per heavy atom. The summed E-state index contributed by atoms with van der Waals surface area (Å²) >= 11 is 17.3. The lowest BCUT2D eigenvalue weighted by Crippen LogP contribution is -2.54. The average Bonchev–Trinajstić information content (AvgIpc) is 2.84. The summed E-state index contributed by atoms with van der Waals surface area (Å²) in [5, 5.41) is 3.52. The number of hydrogen-bond acceptors (Lipinski definition) is 5. The van der Waals surface area contributed by atoms with Gasteiger partial charge >= 0.3 is 0 Å². The quantitative estimate of drug-likeness (QED) is 0.239. The second-order valence-corrected chi connectivity index (χ2v) is 8.67. The van der Waals surface area contributed by atoms with E-state index in [2.05, 4.69) is 5.32 Å². The van der Waals surface area contributed by atoms with Gasteiger partial charge in [0.15, 0.2) is 16.6 Å². The Morgan fingerprint density at radius 1 is 0.943 bits per heavy atom. The molecule has 2 amide bonds. The van der Waals surface area contributed by atoms with Gasteiger partial charge in [0.2, 0.25) is 0 Å². The van der Waals surface area contributed by atoms with Crippen molar-refractivity contribution in [2.45, 2.75) is 13.5 Å². The largest absolute Gasteiger partial charge is 0.490 e. The van der Waals surface area contributed by atoms with Gasteiger partial charge < -0.3 is 9.47 Å². The standard InChI is InChI=1S/C26H20Cl2N2O4S/c1-2-33-23-14-16(9-11-22(23)34-15-17-8-10-20(27)21(28)13-17)12-19-24(31)29-26(35)30(25(19)32)18-6-4-3-5-7-18/h3-14H,2,15H2,1H3,(H,29,31,35)/b19-12-. The third-order valence-electron chi connectivity index (χ3n) is 5.07. The van der Waals surface area contributed by atoms with E-state index in [1.807, 2.05) is 19.1 Å². The fraction of sp³-hybridized carbons (Fsp3) is 0.115. The first-order valence-electron chi connectivity index (χ1n) is 10.7. The van der Waals surface area contributed by atoms with E-state index in [0.29, 0.717) is 39.4 Å². The third-order valence-corrected chi connectivity index (χ3v) is 6.10. The Balaban J connectivity index is 1.60. The molecule has 0 spiro atoms. The number of anilines is 1. The fourth-order valence-electron chi connectivity index (χ4n) is 3.43. The molecule has 0 radical (unpaired) electrons. The van der Waals surface area contributed by atoms with Gasteiger partial charge in [-0.15, -0.1) is 0 Å². The van der Waals surface area contributed by atoms with E-state index in [1.165, 1.54) is 11.0 Å². The molecule has 1 saturated heterocycles. The van der Waals surface area contributed by atoms with Gasteiger partial charge in [0.25, 0.3) is 11.8 Å². The molecule has 0 aliphatic carbocycles. The summed E-state index contributed by atoms with van der Waals surface area (Å²) in [5.41, 5.74) is 1.95. The molecule has 0 bridgehead atoms. The van der Waals surface area contributed by atoms with E-state index in [4.69, 9.17) is 44.9 Å². The highest BCUT2D eigenvalue weighted by molar-refractivity contribution is 7.80. The molecule has 0 aromatic heterocycles. The molecule has 0 saturated carbocycles. The van der Waals surface area contributed by atoms with Gasteiger partial charge in [-0.25, -0.2) is 0 Å². The van der Waals surface area contributed by atoms with Crippen LogP contribution in [0.5, 0.6) is 11.5 Å². The second kappa shape index (κ2) is 10.9. The molecule has 1 aliphatic rings. The van der Waals surface area contributed by atoms with E-state index in [-0.39, 0.29) is 17.3 Å². The van der Waals surface area contributed by atoms with Crippen molar-refractivity contribution in [1.29, 1.82) is 0 Å². The second-order valence-electron chi connectivity index (χ2n) is 7.47. The minimum Gasteiger partial charge on any atom is -0.490 e. The maximum atomic E-state index is 13.2. The lowest BCUT2D eigenvalue weighted by atomic mass is 10.1. The van der Waals surface area contributed by atoms with Gasteiger partial charge in [-0.3, -0.25) is 19.8 Å². The Kier molecular flexibility index (Phi) is 7.70. The summed E-state index contributed by atoms with van der Waals surface area (Å²) in [6.45, 7) is 2.51. The summed E-state index contributed by atoms with van der Waals surface area (Å²) in [5.74, 6) is -0.0967. The number of nitrogens with one attached hydrogen (secondary N) is 1.